The summed E-state index contributed by atoms with van der Waals surface area (Å²) in [5.74, 6) is 1.52. The van der Waals surface area contributed by atoms with Gasteiger partial charge >= 0.3 is 0 Å². The highest BCUT2D eigenvalue weighted by molar-refractivity contribution is 7.09. The van der Waals surface area contributed by atoms with Crippen LogP contribution in [0.15, 0.2) is 35.7 Å². The van der Waals surface area contributed by atoms with E-state index in [4.69, 9.17) is 14.2 Å². The smallest absolute Gasteiger partial charge is 0.231 e. The summed E-state index contributed by atoms with van der Waals surface area (Å²) in [6, 6.07) is 9.88. The van der Waals surface area contributed by atoms with E-state index in [1.54, 1.807) is 11.3 Å². The number of thiophene rings is 1. The van der Waals surface area contributed by atoms with Gasteiger partial charge in [0.15, 0.2) is 11.5 Å². The third kappa shape index (κ3) is 4.68. The van der Waals surface area contributed by atoms with Gasteiger partial charge in [0.05, 0.1) is 19.3 Å². The number of benzene rings is 1. The van der Waals surface area contributed by atoms with Crippen molar-refractivity contribution in [2.24, 2.45) is 0 Å². The summed E-state index contributed by atoms with van der Waals surface area (Å²) in [7, 11) is 2.00. The highest BCUT2D eigenvalue weighted by Crippen LogP contribution is 2.32. The fourth-order valence-electron chi connectivity index (χ4n) is 2.49. The molecule has 0 saturated heterocycles. The second-order valence-electron chi connectivity index (χ2n) is 5.63. The molecule has 1 atom stereocenters. The van der Waals surface area contributed by atoms with E-state index in [9.17, 15) is 5.11 Å². The number of nitrogens with zero attached hydrogens (tertiary/aromatic N) is 1. The van der Waals surface area contributed by atoms with Crippen molar-refractivity contribution in [3.05, 3.63) is 46.2 Å². The van der Waals surface area contributed by atoms with Crippen LogP contribution in [0.4, 0.5) is 0 Å². The van der Waals surface area contributed by atoms with Crippen LogP contribution in [0.2, 0.25) is 0 Å². The standard InChI is InChI=1S/C17H21NO4S/c1-18(9-15-3-2-6-23-15)8-14(19)11-20-10-13-4-5-16-17(7-13)22-12-21-16/h2-7,14,19H,8-12H2,1H3. The van der Waals surface area contributed by atoms with Crippen molar-refractivity contribution in [3.63, 3.8) is 0 Å². The van der Waals surface area contributed by atoms with E-state index in [1.165, 1.54) is 4.88 Å². The zero-order valence-corrected chi connectivity index (χ0v) is 13.9. The molecule has 0 saturated carbocycles. The number of fused-ring (bicyclic) bond motifs is 1. The largest absolute Gasteiger partial charge is 0.454 e. The summed E-state index contributed by atoms with van der Waals surface area (Å²) in [6.07, 6.45) is -0.506. The van der Waals surface area contributed by atoms with Crippen LogP contribution in [0, 0.1) is 0 Å². The van der Waals surface area contributed by atoms with Crippen molar-refractivity contribution in [1.29, 1.82) is 0 Å². The zero-order chi connectivity index (χ0) is 16.1. The Bertz CT molecular complexity index is 617. The Morgan fingerprint density at radius 1 is 1.30 bits per heavy atom. The molecule has 23 heavy (non-hydrogen) atoms. The maximum Gasteiger partial charge on any atom is 0.231 e. The van der Waals surface area contributed by atoms with Crippen LogP contribution in [0.1, 0.15) is 10.4 Å². The molecule has 0 fully saturated rings. The van der Waals surface area contributed by atoms with Crippen molar-refractivity contribution in [2.45, 2.75) is 19.3 Å². The van der Waals surface area contributed by atoms with Gasteiger partial charge in [0.2, 0.25) is 6.79 Å². The maximum absolute atomic E-state index is 10.1. The van der Waals surface area contributed by atoms with E-state index < -0.39 is 6.10 Å². The topological polar surface area (TPSA) is 51.2 Å². The predicted octanol–water partition coefficient (Wildman–Crippen LogP) is 2.49. The Morgan fingerprint density at radius 3 is 3.00 bits per heavy atom. The Hall–Kier alpha value is -1.60. The minimum Gasteiger partial charge on any atom is -0.454 e. The van der Waals surface area contributed by atoms with Crippen LogP contribution in [0.5, 0.6) is 11.5 Å². The van der Waals surface area contributed by atoms with Crippen LogP contribution in [0.3, 0.4) is 0 Å². The van der Waals surface area contributed by atoms with Gasteiger partial charge < -0.3 is 19.3 Å². The first-order chi connectivity index (χ1) is 11.2. The molecule has 0 radical (unpaired) electrons. The molecule has 3 rings (SSSR count). The van der Waals surface area contributed by atoms with Crippen LogP contribution >= 0.6 is 11.3 Å². The molecule has 1 unspecified atom stereocenters. The average molecular weight is 335 g/mol. The lowest BCUT2D eigenvalue weighted by molar-refractivity contribution is 0.0128. The van der Waals surface area contributed by atoms with Gasteiger partial charge in [-0.1, -0.05) is 12.1 Å². The van der Waals surface area contributed by atoms with E-state index in [-0.39, 0.29) is 6.79 Å². The molecular weight excluding hydrogens is 314 g/mol. The van der Waals surface area contributed by atoms with Crippen molar-refractivity contribution in [3.8, 4) is 11.5 Å². The molecule has 0 amide bonds. The molecule has 1 aromatic heterocycles. The lowest BCUT2D eigenvalue weighted by Crippen LogP contribution is -2.31. The van der Waals surface area contributed by atoms with Crippen molar-refractivity contribution >= 4 is 11.3 Å². The number of rotatable bonds is 8. The molecule has 124 valence electrons. The normalized spacial score (nSPS) is 14.4. The average Bonchev–Trinajstić information content (AvgIpc) is 3.17. The third-order valence-corrected chi connectivity index (χ3v) is 4.41. The van der Waals surface area contributed by atoms with Crippen molar-refractivity contribution in [1.82, 2.24) is 4.90 Å². The Labute approximate surface area is 140 Å². The summed E-state index contributed by atoms with van der Waals surface area (Å²) in [5, 5.41) is 12.1. The quantitative estimate of drug-likeness (QED) is 0.803. The molecule has 0 bridgehead atoms. The lowest BCUT2D eigenvalue weighted by atomic mass is 10.2. The van der Waals surface area contributed by atoms with E-state index in [0.29, 0.717) is 19.8 Å². The van der Waals surface area contributed by atoms with Gasteiger partial charge in [-0.2, -0.15) is 0 Å². The number of aliphatic hydroxyl groups excluding tert-OH is 1. The maximum atomic E-state index is 10.1. The van der Waals surface area contributed by atoms with Gasteiger partial charge in [-0.05, 0) is 36.2 Å². The molecule has 1 aliphatic heterocycles. The predicted molar refractivity (Wildman–Crippen MR) is 88.9 cm³/mol. The van der Waals surface area contributed by atoms with E-state index in [0.717, 1.165) is 23.6 Å². The molecule has 1 aliphatic rings. The Balaban J connectivity index is 1.38. The number of ether oxygens (including phenoxy) is 3. The summed E-state index contributed by atoms with van der Waals surface area (Å²) in [4.78, 5) is 3.39. The second kappa shape index (κ2) is 7.79. The molecule has 6 heteroatoms. The molecule has 2 aromatic rings. The highest BCUT2D eigenvalue weighted by Gasteiger charge is 2.14. The minimum atomic E-state index is -0.506. The lowest BCUT2D eigenvalue weighted by Gasteiger charge is -2.20. The van der Waals surface area contributed by atoms with E-state index >= 15 is 0 Å². The van der Waals surface area contributed by atoms with E-state index in [1.807, 2.05) is 31.3 Å². The van der Waals surface area contributed by atoms with Gasteiger partial charge in [0, 0.05) is 18.0 Å². The van der Waals surface area contributed by atoms with Crippen LogP contribution in [0.25, 0.3) is 0 Å². The van der Waals surface area contributed by atoms with Crippen molar-refractivity contribution < 1.29 is 19.3 Å². The Kier molecular flexibility index (Phi) is 5.51. The minimum absolute atomic E-state index is 0.273. The SMILES string of the molecule is CN(Cc1cccs1)CC(O)COCc1ccc2c(c1)OCO2. The van der Waals surface area contributed by atoms with E-state index in [2.05, 4.69) is 16.3 Å². The fraction of sp³-hybridized carbons (Fsp3) is 0.412. The molecule has 1 N–H and O–H groups in total. The van der Waals surface area contributed by atoms with Crippen LogP contribution < -0.4 is 9.47 Å². The summed E-state index contributed by atoms with van der Waals surface area (Å²) in [6.45, 7) is 2.45. The fourth-order valence-corrected chi connectivity index (χ4v) is 3.27. The second-order valence-corrected chi connectivity index (χ2v) is 6.66. The zero-order valence-electron chi connectivity index (χ0n) is 13.1. The molecule has 1 aromatic carbocycles. The van der Waals surface area contributed by atoms with Crippen LogP contribution in [-0.2, 0) is 17.9 Å². The summed E-state index contributed by atoms with van der Waals surface area (Å²) < 4.78 is 16.2. The molecule has 5 nitrogen and oxygen atoms in total. The van der Waals surface area contributed by atoms with Gasteiger partial charge in [-0.25, -0.2) is 0 Å². The first-order valence-electron chi connectivity index (χ1n) is 7.56. The summed E-state index contributed by atoms with van der Waals surface area (Å²) in [5.41, 5.74) is 1.01. The monoisotopic (exact) mass is 335 g/mol. The third-order valence-electron chi connectivity index (χ3n) is 3.54. The van der Waals surface area contributed by atoms with Gasteiger partial charge in [0.25, 0.3) is 0 Å². The number of aliphatic hydroxyl groups is 1. The molecule has 0 spiro atoms. The number of likely N-dealkylation sites (N-methyl/N-ethyl adjacent to an activating group) is 1. The first kappa shape index (κ1) is 16.3. The number of hydrogen-bond acceptors (Lipinski definition) is 6. The summed E-state index contributed by atoms with van der Waals surface area (Å²) >= 11 is 1.73. The molecule has 2 heterocycles. The van der Waals surface area contributed by atoms with Gasteiger partial charge in [-0.3, -0.25) is 4.90 Å². The van der Waals surface area contributed by atoms with Crippen molar-refractivity contribution in [2.75, 3.05) is 27.0 Å². The molecule has 0 aliphatic carbocycles. The Morgan fingerprint density at radius 2 is 2.17 bits per heavy atom. The van der Waals surface area contributed by atoms with Gasteiger partial charge in [0.1, 0.15) is 0 Å². The van der Waals surface area contributed by atoms with Crippen LogP contribution in [-0.4, -0.2) is 43.1 Å². The molecular formula is C17H21NO4S. The number of hydrogen-bond donors (Lipinski definition) is 1. The first-order valence-corrected chi connectivity index (χ1v) is 8.44. The highest BCUT2D eigenvalue weighted by atomic mass is 32.1. The van der Waals surface area contributed by atoms with Gasteiger partial charge in [-0.15, -0.1) is 11.3 Å².